The van der Waals surface area contributed by atoms with E-state index >= 15 is 0 Å². The van der Waals surface area contributed by atoms with E-state index < -0.39 is 0 Å². The Kier molecular flexibility index (Phi) is 5.55. The molecule has 1 amide bonds. The summed E-state index contributed by atoms with van der Waals surface area (Å²) in [6.07, 6.45) is 3.05. The highest BCUT2D eigenvalue weighted by Crippen LogP contribution is 2.30. The number of methoxy groups -OCH3 is 1. The zero-order valence-electron chi connectivity index (χ0n) is 14.4. The minimum Gasteiger partial charge on any atom is -0.495 e. The SMILES string of the molecule is COc1ccc(Cl)cc1Nc1cncc(C(=O)Nc2cccc(C#N)c2)c1. The summed E-state index contributed by atoms with van der Waals surface area (Å²) in [5.74, 6) is 0.280. The van der Waals surface area contributed by atoms with Gasteiger partial charge in [0, 0.05) is 16.9 Å². The van der Waals surface area contributed by atoms with Crippen LogP contribution in [0.2, 0.25) is 5.02 Å². The van der Waals surface area contributed by atoms with Gasteiger partial charge < -0.3 is 15.4 Å². The lowest BCUT2D eigenvalue weighted by atomic mass is 10.2. The monoisotopic (exact) mass is 378 g/mol. The molecule has 0 saturated carbocycles. The Morgan fingerprint density at radius 2 is 2.00 bits per heavy atom. The molecule has 0 aliphatic heterocycles. The first-order chi connectivity index (χ1) is 13.1. The number of pyridine rings is 1. The molecule has 0 aliphatic carbocycles. The fraction of sp³-hybridized carbons (Fsp3) is 0.0500. The highest BCUT2D eigenvalue weighted by molar-refractivity contribution is 6.31. The zero-order valence-corrected chi connectivity index (χ0v) is 15.1. The predicted molar refractivity (Wildman–Crippen MR) is 105 cm³/mol. The number of benzene rings is 2. The number of carbonyl (C=O) groups excluding carboxylic acids is 1. The fourth-order valence-corrected chi connectivity index (χ4v) is 2.61. The van der Waals surface area contributed by atoms with Crippen LogP contribution >= 0.6 is 11.6 Å². The van der Waals surface area contributed by atoms with E-state index in [1.807, 2.05) is 6.07 Å². The van der Waals surface area contributed by atoms with Crippen molar-refractivity contribution in [3.05, 3.63) is 77.1 Å². The molecule has 0 atom stereocenters. The van der Waals surface area contributed by atoms with Crippen molar-refractivity contribution in [2.45, 2.75) is 0 Å². The van der Waals surface area contributed by atoms with Crippen LogP contribution in [0, 0.1) is 11.3 Å². The van der Waals surface area contributed by atoms with Crippen LogP contribution in [-0.2, 0) is 0 Å². The number of nitrogens with one attached hydrogen (secondary N) is 2. The molecule has 3 rings (SSSR count). The summed E-state index contributed by atoms with van der Waals surface area (Å²) in [5, 5.41) is 15.4. The van der Waals surface area contributed by atoms with Crippen molar-refractivity contribution in [2.75, 3.05) is 17.7 Å². The Morgan fingerprint density at radius 1 is 1.15 bits per heavy atom. The molecule has 0 fully saturated rings. The maximum Gasteiger partial charge on any atom is 0.257 e. The molecule has 134 valence electrons. The molecule has 3 aromatic rings. The van der Waals surface area contributed by atoms with Gasteiger partial charge in [-0.2, -0.15) is 5.26 Å². The van der Waals surface area contributed by atoms with Crippen LogP contribution in [0.15, 0.2) is 60.9 Å². The molecule has 2 aromatic carbocycles. The van der Waals surface area contributed by atoms with Gasteiger partial charge in [-0.15, -0.1) is 0 Å². The van der Waals surface area contributed by atoms with Gasteiger partial charge in [0.2, 0.25) is 0 Å². The summed E-state index contributed by atoms with van der Waals surface area (Å²) in [5.41, 5.74) is 2.63. The van der Waals surface area contributed by atoms with E-state index in [0.29, 0.717) is 39.0 Å². The van der Waals surface area contributed by atoms with Gasteiger partial charge in [-0.1, -0.05) is 17.7 Å². The van der Waals surface area contributed by atoms with Gasteiger partial charge in [-0.25, -0.2) is 0 Å². The summed E-state index contributed by atoms with van der Waals surface area (Å²) in [4.78, 5) is 16.6. The van der Waals surface area contributed by atoms with Gasteiger partial charge in [0.05, 0.1) is 41.9 Å². The average Bonchev–Trinajstić information content (AvgIpc) is 2.68. The molecule has 0 saturated heterocycles. The van der Waals surface area contributed by atoms with Crippen molar-refractivity contribution in [2.24, 2.45) is 0 Å². The Bertz CT molecular complexity index is 1030. The molecule has 7 heteroatoms. The Hall–Kier alpha value is -3.56. The Balaban J connectivity index is 1.80. The Morgan fingerprint density at radius 3 is 2.78 bits per heavy atom. The van der Waals surface area contributed by atoms with Crippen LogP contribution < -0.4 is 15.4 Å². The Labute approximate surface area is 161 Å². The number of aromatic nitrogens is 1. The number of amides is 1. The molecule has 2 N–H and O–H groups in total. The maximum atomic E-state index is 12.5. The number of ether oxygens (including phenoxy) is 1. The number of carbonyl (C=O) groups is 1. The zero-order chi connectivity index (χ0) is 19.2. The maximum absolute atomic E-state index is 12.5. The van der Waals surface area contributed by atoms with Gasteiger partial charge in [0.25, 0.3) is 5.91 Å². The minimum atomic E-state index is -0.334. The largest absolute Gasteiger partial charge is 0.495 e. The summed E-state index contributed by atoms with van der Waals surface area (Å²) < 4.78 is 5.30. The first kappa shape index (κ1) is 18.2. The van der Waals surface area contributed by atoms with E-state index in [4.69, 9.17) is 21.6 Å². The summed E-state index contributed by atoms with van der Waals surface area (Å²) >= 11 is 6.04. The second-order valence-corrected chi connectivity index (χ2v) is 6.02. The lowest BCUT2D eigenvalue weighted by Gasteiger charge is -2.12. The molecule has 1 aromatic heterocycles. The molecule has 6 nitrogen and oxygen atoms in total. The highest BCUT2D eigenvalue weighted by Gasteiger charge is 2.10. The number of hydrogen-bond donors (Lipinski definition) is 2. The number of rotatable bonds is 5. The number of nitrogens with zero attached hydrogens (tertiary/aromatic N) is 2. The number of halogens is 1. The standard InChI is InChI=1S/C20H15ClN4O2/c1-27-19-6-5-15(21)9-18(19)24-17-8-14(11-23-12-17)20(26)25-16-4-2-3-13(7-16)10-22/h2-9,11-12,24H,1H3,(H,25,26). The minimum absolute atomic E-state index is 0.334. The van der Waals surface area contributed by atoms with Crippen LogP contribution in [0.25, 0.3) is 0 Å². The number of anilines is 3. The average molecular weight is 379 g/mol. The lowest BCUT2D eigenvalue weighted by Crippen LogP contribution is -2.12. The highest BCUT2D eigenvalue weighted by atomic mass is 35.5. The second-order valence-electron chi connectivity index (χ2n) is 5.58. The fourth-order valence-electron chi connectivity index (χ4n) is 2.44. The van der Waals surface area contributed by atoms with E-state index in [-0.39, 0.29) is 5.91 Å². The van der Waals surface area contributed by atoms with Crippen molar-refractivity contribution < 1.29 is 9.53 Å². The van der Waals surface area contributed by atoms with Crippen molar-refractivity contribution in [1.29, 1.82) is 5.26 Å². The van der Waals surface area contributed by atoms with Gasteiger partial charge in [0.15, 0.2) is 0 Å². The third-order valence-corrected chi connectivity index (χ3v) is 3.93. The van der Waals surface area contributed by atoms with E-state index in [9.17, 15) is 4.79 Å². The summed E-state index contributed by atoms with van der Waals surface area (Å²) in [6, 6.07) is 15.6. The second kappa shape index (κ2) is 8.21. The summed E-state index contributed by atoms with van der Waals surface area (Å²) in [7, 11) is 1.56. The normalized spacial score (nSPS) is 9.96. The molecule has 0 spiro atoms. The molecular formula is C20H15ClN4O2. The molecule has 0 bridgehead atoms. The molecule has 0 radical (unpaired) electrons. The van der Waals surface area contributed by atoms with Crippen LogP contribution in [-0.4, -0.2) is 18.0 Å². The first-order valence-corrected chi connectivity index (χ1v) is 8.34. The van der Waals surface area contributed by atoms with Crippen molar-refractivity contribution in [3.63, 3.8) is 0 Å². The van der Waals surface area contributed by atoms with Crippen molar-refractivity contribution >= 4 is 34.6 Å². The molecular weight excluding hydrogens is 364 g/mol. The van der Waals surface area contributed by atoms with E-state index in [1.165, 1.54) is 6.20 Å². The van der Waals surface area contributed by atoms with Crippen LogP contribution in [0.1, 0.15) is 15.9 Å². The third-order valence-electron chi connectivity index (χ3n) is 3.69. The summed E-state index contributed by atoms with van der Waals surface area (Å²) in [6.45, 7) is 0. The molecule has 1 heterocycles. The first-order valence-electron chi connectivity index (χ1n) is 7.96. The molecule has 27 heavy (non-hydrogen) atoms. The van der Waals surface area contributed by atoms with Gasteiger partial charge >= 0.3 is 0 Å². The van der Waals surface area contributed by atoms with Crippen molar-refractivity contribution in [1.82, 2.24) is 4.98 Å². The van der Waals surface area contributed by atoms with Crippen LogP contribution in [0.5, 0.6) is 5.75 Å². The quantitative estimate of drug-likeness (QED) is 0.676. The predicted octanol–water partition coefficient (Wildman–Crippen LogP) is 4.61. The van der Waals surface area contributed by atoms with E-state index in [2.05, 4.69) is 15.6 Å². The van der Waals surface area contributed by atoms with Crippen molar-refractivity contribution in [3.8, 4) is 11.8 Å². The van der Waals surface area contributed by atoms with Gasteiger partial charge in [0.1, 0.15) is 5.75 Å². The number of hydrogen-bond acceptors (Lipinski definition) is 5. The van der Waals surface area contributed by atoms with E-state index in [1.54, 1.807) is 61.8 Å². The van der Waals surface area contributed by atoms with Gasteiger partial charge in [-0.05, 0) is 42.5 Å². The lowest BCUT2D eigenvalue weighted by molar-refractivity contribution is 0.102. The van der Waals surface area contributed by atoms with Crippen LogP contribution in [0.4, 0.5) is 17.1 Å². The molecule has 0 unspecified atom stereocenters. The molecule has 0 aliphatic rings. The van der Waals surface area contributed by atoms with Crippen LogP contribution in [0.3, 0.4) is 0 Å². The van der Waals surface area contributed by atoms with E-state index in [0.717, 1.165) is 0 Å². The topological polar surface area (TPSA) is 87.0 Å². The smallest absolute Gasteiger partial charge is 0.257 e. The number of nitriles is 1. The van der Waals surface area contributed by atoms with Gasteiger partial charge in [-0.3, -0.25) is 9.78 Å². The third kappa shape index (κ3) is 4.54.